The number of aromatic amines is 1. The van der Waals surface area contributed by atoms with Crippen molar-refractivity contribution >= 4 is 16.8 Å². The van der Waals surface area contributed by atoms with Crippen molar-refractivity contribution in [1.82, 2.24) is 15.5 Å². The van der Waals surface area contributed by atoms with Crippen molar-refractivity contribution in [2.75, 3.05) is 0 Å². The molecular weight excluding hydrogens is 290 g/mol. The van der Waals surface area contributed by atoms with Crippen LogP contribution in [0.1, 0.15) is 52.8 Å². The lowest BCUT2D eigenvalue weighted by atomic mass is 10.0. The number of H-pyrrole nitrogens is 1. The molecule has 2 aromatic heterocycles. The van der Waals surface area contributed by atoms with Crippen LogP contribution in [0.2, 0.25) is 0 Å². The van der Waals surface area contributed by atoms with Crippen LogP contribution in [0.4, 0.5) is 0 Å². The van der Waals surface area contributed by atoms with Gasteiger partial charge in [0.2, 0.25) is 0 Å². The van der Waals surface area contributed by atoms with Gasteiger partial charge in [-0.2, -0.15) is 0 Å². The van der Waals surface area contributed by atoms with Crippen LogP contribution in [-0.2, 0) is 6.54 Å². The molecule has 5 nitrogen and oxygen atoms in total. The molecule has 0 radical (unpaired) electrons. The van der Waals surface area contributed by atoms with Gasteiger partial charge in [-0.25, -0.2) is 0 Å². The largest absolute Gasteiger partial charge is 0.360 e. The topological polar surface area (TPSA) is 70.9 Å². The van der Waals surface area contributed by atoms with Gasteiger partial charge in [-0.3, -0.25) is 4.79 Å². The number of nitrogens with zero attached hydrogens (tertiary/aromatic N) is 1. The molecule has 0 spiro atoms. The van der Waals surface area contributed by atoms with E-state index in [9.17, 15) is 4.79 Å². The second-order valence-electron chi connectivity index (χ2n) is 6.22. The van der Waals surface area contributed by atoms with E-state index >= 15 is 0 Å². The van der Waals surface area contributed by atoms with Crippen molar-refractivity contribution in [3.05, 3.63) is 52.5 Å². The maximum Gasteiger partial charge on any atom is 0.257 e. The van der Waals surface area contributed by atoms with Crippen LogP contribution < -0.4 is 5.32 Å². The molecule has 0 atom stereocenters. The molecule has 120 valence electrons. The van der Waals surface area contributed by atoms with Crippen LogP contribution in [0.5, 0.6) is 0 Å². The van der Waals surface area contributed by atoms with Gasteiger partial charge < -0.3 is 14.8 Å². The number of carbonyl (C=O) groups excluding carboxylic acids is 1. The van der Waals surface area contributed by atoms with Crippen molar-refractivity contribution < 1.29 is 9.32 Å². The van der Waals surface area contributed by atoms with E-state index in [1.54, 1.807) is 6.92 Å². The summed E-state index contributed by atoms with van der Waals surface area (Å²) in [5.74, 6) is 0.616. The number of rotatable bonds is 4. The quantitative estimate of drug-likeness (QED) is 0.769. The van der Waals surface area contributed by atoms with Crippen LogP contribution in [0.15, 0.2) is 28.8 Å². The van der Waals surface area contributed by atoms with E-state index in [2.05, 4.69) is 27.6 Å². The first-order chi connectivity index (χ1) is 11.0. The summed E-state index contributed by atoms with van der Waals surface area (Å²) < 4.78 is 5.28. The van der Waals surface area contributed by atoms with E-state index in [0.29, 0.717) is 23.6 Å². The fourth-order valence-corrected chi connectivity index (χ4v) is 2.77. The zero-order valence-electron chi connectivity index (χ0n) is 13.9. The minimum atomic E-state index is -0.141. The van der Waals surface area contributed by atoms with Gasteiger partial charge in [0.1, 0.15) is 5.56 Å². The number of aromatic nitrogens is 2. The first kappa shape index (κ1) is 15.3. The van der Waals surface area contributed by atoms with Crippen LogP contribution in [0.3, 0.4) is 0 Å². The Labute approximate surface area is 135 Å². The van der Waals surface area contributed by atoms with Gasteiger partial charge >= 0.3 is 0 Å². The van der Waals surface area contributed by atoms with Crippen molar-refractivity contribution in [2.24, 2.45) is 0 Å². The molecule has 0 aliphatic carbocycles. The third-order valence-electron chi connectivity index (χ3n) is 3.91. The highest BCUT2D eigenvalue weighted by atomic mass is 16.5. The maximum absolute atomic E-state index is 12.5. The zero-order valence-corrected chi connectivity index (χ0v) is 13.9. The molecule has 0 aliphatic rings. The number of aryl methyl sites for hydroxylation is 2. The first-order valence-electron chi connectivity index (χ1n) is 7.78. The minimum Gasteiger partial charge on any atom is -0.360 e. The Morgan fingerprint density at radius 2 is 2.09 bits per heavy atom. The molecule has 2 N–H and O–H groups in total. The van der Waals surface area contributed by atoms with E-state index in [1.165, 1.54) is 0 Å². The molecule has 0 fully saturated rings. The smallest absolute Gasteiger partial charge is 0.257 e. The molecule has 0 bridgehead atoms. The third kappa shape index (κ3) is 2.99. The van der Waals surface area contributed by atoms with Gasteiger partial charge in [-0.15, -0.1) is 0 Å². The highest BCUT2D eigenvalue weighted by molar-refractivity contribution is 5.96. The number of fused-ring (bicyclic) bond motifs is 1. The van der Waals surface area contributed by atoms with Crippen LogP contribution in [-0.4, -0.2) is 16.0 Å². The molecule has 3 aromatic rings. The highest BCUT2D eigenvalue weighted by Crippen LogP contribution is 2.22. The maximum atomic E-state index is 12.5. The van der Waals surface area contributed by atoms with Gasteiger partial charge in [-0.05, 0) is 43.0 Å². The summed E-state index contributed by atoms with van der Waals surface area (Å²) in [5, 5.41) is 8.03. The Morgan fingerprint density at radius 1 is 1.30 bits per heavy atom. The van der Waals surface area contributed by atoms with Gasteiger partial charge in [0.05, 0.1) is 5.69 Å². The Bertz CT molecular complexity index is 858. The Kier molecular flexibility index (Phi) is 3.94. The summed E-state index contributed by atoms with van der Waals surface area (Å²) in [6, 6.07) is 8.24. The lowest BCUT2D eigenvalue weighted by Crippen LogP contribution is -2.24. The van der Waals surface area contributed by atoms with Crippen molar-refractivity contribution in [2.45, 2.75) is 40.2 Å². The SMILES string of the molecule is Cc1cc2cc(CNC(=O)c3c(C)noc3C(C)C)ccc2[nH]1. The third-order valence-corrected chi connectivity index (χ3v) is 3.91. The number of hydrogen-bond acceptors (Lipinski definition) is 3. The molecular formula is C18H21N3O2. The normalized spacial score (nSPS) is 11.3. The first-order valence-corrected chi connectivity index (χ1v) is 7.78. The lowest BCUT2D eigenvalue weighted by molar-refractivity contribution is 0.0948. The van der Waals surface area contributed by atoms with Crippen molar-refractivity contribution in [3.63, 3.8) is 0 Å². The predicted molar refractivity (Wildman–Crippen MR) is 89.5 cm³/mol. The van der Waals surface area contributed by atoms with Crippen molar-refractivity contribution in [3.8, 4) is 0 Å². The van der Waals surface area contributed by atoms with E-state index in [4.69, 9.17) is 4.52 Å². The fourth-order valence-electron chi connectivity index (χ4n) is 2.77. The summed E-state index contributed by atoms with van der Waals surface area (Å²) >= 11 is 0. The molecule has 5 heteroatoms. The average Bonchev–Trinajstić information content (AvgIpc) is 3.06. The summed E-state index contributed by atoms with van der Waals surface area (Å²) in [7, 11) is 0. The number of amides is 1. The second-order valence-corrected chi connectivity index (χ2v) is 6.22. The van der Waals surface area contributed by atoms with Crippen LogP contribution in [0.25, 0.3) is 10.9 Å². The Hall–Kier alpha value is -2.56. The number of nitrogens with one attached hydrogen (secondary N) is 2. The molecule has 0 saturated heterocycles. The summed E-state index contributed by atoms with van der Waals surface area (Å²) in [5.41, 5.74) is 4.48. The molecule has 1 aromatic carbocycles. The van der Waals surface area contributed by atoms with E-state index in [1.807, 2.05) is 32.9 Å². The second kappa shape index (κ2) is 5.91. The van der Waals surface area contributed by atoms with Crippen LogP contribution >= 0.6 is 0 Å². The molecule has 0 aliphatic heterocycles. The van der Waals surface area contributed by atoms with Gasteiger partial charge in [0, 0.05) is 23.7 Å². The van der Waals surface area contributed by atoms with Crippen molar-refractivity contribution in [1.29, 1.82) is 0 Å². The summed E-state index contributed by atoms with van der Waals surface area (Å²) in [6.07, 6.45) is 0. The monoisotopic (exact) mass is 311 g/mol. The number of carbonyl (C=O) groups is 1. The Balaban J connectivity index is 1.76. The molecule has 0 saturated carbocycles. The van der Waals surface area contributed by atoms with E-state index < -0.39 is 0 Å². The minimum absolute atomic E-state index is 0.121. The summed E-state index contributed by atoms with van der Waals surface area (Å²) in [6.45, 7) is 8.27. The average molecular weight is 311 g/mol. The molecule has 23 heavy (non-hydrogen) atoms. The number of benzene rings is 1. The van der Waals surface area contributed by atoms with Crippen LogP contribution in [0, 0.1) is 13.8 Å². The highest BCUT2D eigenvalue weighted by Gasteiger charge is 2.22. The molecule has 0 unspecified atom stereocenters. The predicted octanol–water partition coefficient (Wildman–Crippen LogP) is 3.83. The van der Waals surface area contributed by atoms with E-state index in [-0.39, 0.29) is 11.8 Å². The lowest BCUT2D eigenvalue weighted by Gasteiger charge is -2.07. The molecule has 3 rings (SSSR count). The van der Waals surface area contributed by atoms with Gasteiger partial charge in [-0.1, -0.05) is 25.1 Å². The summed E-state index contributed by atoms with van der Waals surface area (Å²) in [4.78, 5) is 15.8. The zero-order chi connectivity index (χ0) is 16.6. The molecule has 1 amide bonds. The van der Waals surface area contributed by atoms with Gasteiger partial charge in [0.15, 0.2) is 5.76 Å². The standard InChI is InChI=1S/C18H21N3O2/c1-10(2)17-16(12(4)21-23-17)18(22)19-9-13-5-6-15-14(8-13)7-11(3)20-15/h5-8,10,20H,9H2,1-4H3,(H,19,22). The van der Waals surface area contributed by atoms with Gasteiger partial charge in [0.25, 0.3) is 5.91 Å². The Morgan fingerprint density at radius 3 is 2.83 bits per heavy atom. The number of hydrogen-bond donors (Lipinski definition) is 2. The molecule has 2 heterocycles. The fraction of sp³-hybridized carbons (Fsp3) is 0.333. The van der Waals surface area contributed by atoms with E-state index in [0.717, 1.165) is 22.2 Å².